The minimum Gasteiger partial charge on any atom is -0.331 e. The Hall–Kier alpha value is -1.43. The van der Waals surface area contributed by atoms with E-state index in [-0.39, 0.29) is 0 Å². The molecule has 0 atom stereocenters. The van der Waals surface area contributed by atoms with Crippen molar-refractivity contribution in [3.05, 3.63) is 45.7 Å². The molecular weight excluding hydrogens is 315 g/mol. The fourth-order valence-corrected chi connectivity index (χ4v) is 2.28. The zero-order chi connectivity index (χ0) is 14.7. The summed E-state index contributed by atoms with van der Waals surface area (Å²) in [6.45, 7) is 3.79. The molecule has 0 bridgehead atoms. The zero-order valence-corrected chi connectivity index (χ0v) is 13.2. The van der Waals surface area contributed by atoms with Gasteiger partial charge in [-0.15, -0.1) is 0 Å². The Balaban J connectivity index is 2.09. The topological polar surface area (TPSA) is 49.8 Å². The van der Waals surface area contributed by atoms with Crippen molar-refractivity contribution in [3.8, 4) is 0 Å². The fourth-order valence-electron chi connectivity index (χ4n) is 1.63. The summed E-state index contributed by atoms with van der Waals surface area (Å²) in [5, 5.41) is 7.31. The van der Waals surface area contributed by atoms with Crippen molar-refractivity contribution in [3.63, 3.8) is 0 Å². The lowest BCUT2D eigenvalue weighted by Crippen LogP contribution is -2.21. The SMILES string of the molecule is Cc1cc(C)nc(NC(=S)Nc2ccc(Cl)cc2Cl)n1. The van der Waals surface area contributed by atoms with Gasteiger partial charge in [0.1, 0.15) is 0 Å². The average molecular weight is 327 g/mol. The molecule has 0 aliphatic carbocycles. The number of benzene rings is 1. The third-order valence-corrected chi connectivity index (χ3v) is 3.14. The average Bonchev–Trinajstić information content (AvgIpc) is 2.31. The van der Waals surface area contributed by atoms with Crippen molar-refractivity contribution >= 4 is 52.2 Å². The van der Waals surface area contributed by atoms with Gasteiger partial charge in [0.15, 0.2) is 5.11 Å². The van der Waals surface area contributed by atoms with E-state index in [0.717, 1.165) is 11.4 Å². The van der Waals surface area contributed by atoms with Crippen LogP contribution in [0.3, 0.4) is 0 Å². The summed E-state index contributed by atoms with van der Waals surface area (Å²) >= 11 is 17.1. The Kier molecular flexibility index (Phi) is 4.75. The third kappa shape index (κ3) is 4.03. The molecule has 0 spiro atoms. The van der Waals surface area contributed by atoms with E-state index in [2.05, 4.69) is 20.6 Å². The van der Waals surface area contributed by atoms with E-state index < -0.39 is 0 Å². The molecule has 0 fully saturated rings. The molecule has 104 valence electrons. The first kappa shape index (κ1) is 15.0. The molecule has 0 aliphatic rings. The number of hydrogen-bond acceptors (Lipinski definition) is 3. The highest BCUT2D eigenvalue weighted by atomic mass is 35.5. The van der Waals surface area contributed by atoms with E-state index in [9.17, 15) is 0 Å². The molecule has 2 aromatic rings. The zero-order valence-electron chi connectivity index (χ0n) is 10.9. The molecular formula is C13H12Cl2N4S. The molecule has 1 heterocycles. The second kappa shape index (κ2) is 6.35. The number of halogens is 2. The molecule has 4 nitrogen and oxygen atoms in total. The summed E-state index contributed by atoms with van der Waals surface area (Å²) in [4.78, 5) is 8.50. The number of nitrogens with zero attached hydrogens (tertiary/aromatic N) is 2. The van der Waals surface area contributed by atoms with E-state index >= 15 is 0 Å². The van der Waals surface area contributed by atoms with E-state index in [1.807, 2.05) is 19.9 Å². The summed E-state index contributed by atoms with van der Waals surface area (Å²) in [7, 11) is 0. The fraction of sp³-hybridized carbons (Fsp3) is 0.154. The van der Waals surface area contributed by atoms with Gasteiger partial charge in [-0.05, 0) is 50.3 Å². The van der Waals surface area contributed by atoms with Crippen LogP contribution in [0, 0.1) is 13.8 Å². The maximum Gasteiger partial charge on any atom is 0.229 e. The molecule has 0 saturated heterocycles. The molecule has 2 rings (SSSR count). The predicted molar refractivity (Wildman–Crippen MR) is 87.8 cm³/mol. The quantitative estimate of drug-likeness (QED) is 0.809. The minimum absolute atomic E-state index is 0.360. The van der Waals surface area contributed by atoms with Gasteiger partial charge in [-0.3, -0.25) is 0 Å². The maximum atomic E-state index is 6.06. The number of anilines is 2. The summed E-state index contributed by atoms with van der Waals surface area (Å²) < 4.78 is 0. The van der Waals surface area contributed by atoms with Crippen LogP contribution in [0.4, 0.5) is 11.6 Å². The highest BCUT2D eigenvalue weighted by molar-refractivity contribution is 7.80. The lowest BCUT2D eigenvalue weighted by atomic mass is 10.3. The van der Waals surface area contributed by atoms with Crippen LogP contribution in [-0.2, 0) is 0 Å². The van der Waals surface area contributed by atoms with E-state index in [1.54, 1.807) is 18.2 Å². The van der Waals surface area contributed by atoms with Gasteiger partial charge in [-0.1, -0.05) is 23.2 Å². The van der Waals surface area contributed by atoms with Crippen LogP contribution < -0.4 is 10.6 Å². The van der Waals surface area contributed by atoms with Crippen LogP contribution in [-0.4, -0.2) is 15.1 Å². The summed E-state index contributed by atoms with van der Waals surface area (Å²) in [6, 6.07) is 7.01. The van der Waals surface area contributed by atoms with Crippen molar-refractivity contribution < 1.29 is 0 Å². The Bertz CT molecular complexity index is 641. The van der Waals surface area contributed by atoms with Gasteiger partial charge < -0.3 is 10.6 Å². The lowest BCUT2D eigenvalue weighted by molar-refractivity contribution is 1.07. The highest BCUT2D eigenvalue weighted by Gasteiger charge is 2.06. The molecule has 0 aliphatic heterocycles. The molecule has 0 radical (unpaired) electrons. The molecule has 0 amide bonds. The minimum atomic E-state index is 0.360. The number of rotatable bonds is 2. The van der Waals surface area contributed by atoms with Crippen molar-refractivity contribution in [2.45, 2.75) is 13.8 Å². The maximum absolute atomic E-state index is 6.06. The molecule has 1 aromatic heterocycles. The van der Waals surface area contributed by atoms with Crippen LogP contribution >= 0.6 is 35.4 Å². The first-order valence-corrected chi connectivity index (χ1v) is 6.96. The lowest BCUT2D eigenvalue weighted by Gasteiger charge is -2.11. The monoisotopic (exact) mass is 326 g/mol. The first-order valence-electron chi connectivity index (χ1n) is 5.79. The van der Waals surface area contributed by atoms with Crippen molar-refractivity contribution in [1.82, 2.24) is 9.97 Å². The van der Waals surface area contributed by atoms with Crippen LogP contribution in [0.25, 0.3) is 0 Å². The van der Waals surface area contributed by atoms with Crippen LogP contribution in [0.5, 0.6) is 0 Å². The van der Waals surface area contributed by atoms with Gasteiger partial charge in [0.05, 0.1) is 10.7 Å². The van der Waals surface area contributed by atoms with Gasteiger partial charge in [-0.25, -0.2) is 9.97 Å². The molecule has 0 unspecified atom stereocenters. The van der Waals surface area contributed by atoms with Crippen LogP contribution in [0.15, 0.2) is 24.3 Å². The summed E-state index contributed by atoms with van der Waals surface area (Å²) in [6.07, 6.45) is 0. The van der Waals surface area contributed by atoms with Crippen LogP contribution in [0.1, 0.15) is 11.4 Å². The van der Waals surface area contributed by atoms with Gasteiger partial charge in [0.2, 0.25) is 5.95 Å². The Labute approximate surface area is 132 Å². The highest BCUT2D eigenvalue weighted by Crippen LogP contribution is 2.25. The first-order chi connectivity index (χ1) is 9.44. The summed E-state index contributed by atoms with van der Waals surface area (Å²) in [5.74, 6) is 0.449. The number of aryl methyl sites for hydroxylation is 2. The van der Waals surface area contributed by atoms with Crippen molar-refractivity contribution in [1.29, 1.82) is 0 Å². The van der Waals surface area contributed by atoms with E-state index in [1.165, 1.54) is 0 Å². The largest absolute Gasteiger partial charge is 0.331 e. The molecule has 20 heavy (non-hydrogen) atoms. The molecule has 2 N–H and O–H groups in total. The molecule has 1 aromatic carbocycles. The Morgan fingerprint density at radius 1 is 1.05 bits per heavy atom. The summed E-state index contributed by atoms with van der Waals surface area (Å²) in [5.41, 5.74) is 2.40. The second-order valence-electron chi connectivity index (χ2n) is 4.18. The number of aromatic nitrogens is 2. The van der Waals surface area contributed by atoms with E-state index in [4.69, 9.17) is 35.4 Å². The molecule has 0 saturated carbocycles. The Morgan fingerprint density at radius 3 is 2.30 bits per heavy atom. The second-order valence-corrected chi connectivity index (χ2v) is 5.43. The smallest absolute Gasteiger partial charge is 0.229 e. The third-order valence-electron chi connectivity index (χ3n) is 2.39. The van der Waals surface area contributed by atoms with Crippen molar-refractivity contribution in [2.24, 2.45) is 0 Å². The van der Waals surface area contributed by atoms with Gasteiger partial charge in [0, 0.05) is 16.4 Å². The van der Waals surface area contributed by atoms with Crippen LogP contribution in [0.2, 0.25) is 10.0 Å². The standard InChI is InChI=1S/C13H12Cl2N4S/c1-7-5-8(2)17-12(16-7)19-13(20)18-11-4-3-9(14)6-10(11)15/h3-6H,1-2H3,(H2,16,17,18,19,20). The van der Waals surface area contributed by atoms with Gasteiger partial charge in [-0.2, -0.15) is 0 Å². The van der Waals surface area contributed by atoms with Crippen molar-refractivity contribution in [2.75, 3.05) is 10.6 Å². The normalized spacial score (nSPS) is 10.2. The molecule has 7 heteroatoms. The number of thiocarbonyl (C=S) groups is 1. The Morgan fingerprint density at radius 2 is 1.70 bits per heavy atom. The number of nitrogens with one attached hydrogen (secondary N) is 2. The predicted octanol–water partition coefficient (Wildman–Crippen LogP) is 4.21. The number of hydrogen-bond donors (Lipinski definition) is 2. The van der Waals surface area contributed by atoms with Gasteiger partial charge >= 0.3 is 0 Å². The van der Waals surface area contributed by atoms with E-state index in [0.29, 0.717) is 26.8 Å². The van der Waals surface area contributed by atoms with Gasteiger partial charge in [0.25, 0.3) is 0 Å².